The van der Waals surface area contributed by atoms with E-state index < -0.39 is 29.5 Å². The van der Waals surface area contributed by atoms with Crippen LogP contribution in [0.2, 0.25) is 0 Å². The highest BCUT2D eigenvalue weighted by atomic mass is 16.5. The van der Waals surface area contributed by atoms with Crippen molar-refractivity contribution >= 4 is 23.8 Å². The zero-order valence-corrected chi connectivity index (χ0v) is 11.3. The van der Waals surface area contributed by atoms with Gasteiger partial charge in [0.25, 0.3) is 0 Å². The number of hydrogen-bond acceptors (Lipinski definition) is 5. The number of carbonyl (C=O) groups is 4. The summed E-state index contributed by atoms with van der Waals surface area (Å²) in [5, 5.41) is 16.2. The van der Waals surface area contributed by atoms with Gasteiger partial charge >= 0.3 is 12.0 Å². The Kier molecular flexibility index (Phi) is 4.41. The second kappa shape index (κ2) is 6.08. The van der Waals surface area contributed by atoms with Crippen LogP contribution in [-0.2, 0) is 19.1 Å². The number of amides is 4. The van der Waals surface area contributed by atoms with Gasteiger partial charge in [-0.2, -0.15) is 0 Å². The molecule has 0 aliphatic carbocycles. The van der Waals surface area contributed by atoms with Crippen LogP contribution in [0.1, 0.15) is 25.7 Å². The molecule has 0 bridgehead atoms. The van der Waals surface area contributed by atoms with Gasteiger partial charge in [0, 0.05) is 32.5 Å². The Labute approximate surface area is 120 Å². The Bertz CT molecular complexity index is 472. The first-order valence-corrected chi connectivity index (χ1v) is 6.66. The fourth-order valence-electron chi connectivity index (χ4n) is 2.36. The van der Waals surface area contributed by atoms with E-state index in [0.717, 1.165) is 0 Å². The third-order valence-electron chi connectivity index (χ3n) is 3.65. The molecule has 21 heavy (non-hydrogen) atoms. The molecule has 0 radical (unpaired) electrons. The SMILES string of the molecule is O=C1CCC(NC(=O)NC2(C(=O)O)CCOCC2)C(=O)N1. The number of nitrogens with one attached hydrogen (secondary N) is 3. The van der Waals surface area contributed by atoms with Crippen LogP contribution in [0.4, 0.5) is 4.79 Å². The Morgan fingerprint density at radius 1 is 1.29 bits per heavy atom. The molecule has 2 heterocycles. The third kappa shape index (κ3) is 3.48. The summed E-state index contributed by atoms with van der Waals surface area (Å²) in [6.07, 6.45) is 0.645. The predicted octanol–water partition coefficient (Wildman–Crippen LogP) is -1.28. The first-order valence-electron chi connectivity index (χ1n) is 6.66. The van der Waals surface area contributed by atoms with Gasteiger partial charge in [-0.05, 0) is 6.42 Å². The fourth-order valence-corrected chi connectivity index (χ4v) is 2.36. The average molecular weight is 299 g/mol. The summed E-state index contributed by atoms with van der Waals surface area (Å²) in [6, 6.07) is -1.58. The first-order chi connectivity index (χ1) is 9.93. The number of carboxylic acids is 1. The van der Waals surface area contributed by atoms with E-state index >= 15 is 0 Å². The van der Waals surface area contributed by atoms with Gasteiger partial charge in [-0.3, -0.25) is 14.9 Å². The van der Waals surface area contributed by atoms with E-state index in [0.29, 0.717) is 0 Å². The van der Waals surface area contributed by atoms with E-state index in [-0.39, 0.29) is 44.8 Å². The van der Waals surface area contributed by atoms with Gasteiger partial charge in [-0.25, -0.2) is 9.59 Å². The molecular weight excluding hydrogens is 282 g/mol. The van der Waals surface area contributed by atoms with E-state index in [1.165, 1.54) is 0 Å². The molecule has 0 aromatic rings. The molecule has 2 saturated heterocycles. The molecule has 9 heteroatoms. The maximum atomic E-state index is 11.9. The number of rotatable bonds is 3. The van der Waals surface area contributed by atoms with Crippen molar-refractivity contribution in [3.63, 3.8) is 0 Å². The first kappa shape index (κ1) is 15.2. The Morgan fingerprint density at radius 3 is 2.52 bits per heavy atom. The smallest absolute Gasteiger partial charge is 0.329 e. The average Bonchev–Trinajstić information content (AvgIpc) is 2.43. The number of hydrogen-bond donors (Lipinski definition) is 4. The van der Waals surface area contributed by atoms with Crippen molar-refractivity contribution in [3.05, 3.63) is 0 Å². The highest BCUT2D eigenvalue weighted by Gasteiger charge is 2.42. The van der Waals surface area contributed by atoms with Gasteiger partial charge in [0.15, 0.2) is 0 Å². The minimum atomic E-state index is -1.39. The zero-order chi connectivity index (χ0) is 15.5. The maximum absolute atomic E-state index is 11.9. The van der Waals surface area contributed by atoms with Crippen molar-refractivity contribution in [1.29, 1.82) is 0 Å². The quantitative estimate of drug-likeness (QED) is 0.480. The Hall–Kier alpha value is -2.16. The lowest BCUT2D eigenvalue weighted by Crippen LogP contribution is -2.62. The molecule has 4 amide bonds. The van der Waals surface area contributed by atoms with Crippen LogP contribution < -0.4 is 16.0 Å². The number of aliphatic carboxylic acids is 1. The summed E-state index contributed by atoms with van der Waals surface area (Å²) in [4.78, 5) is 45.9. The lowest BCUT2D eigenvalue weighted by Gasteiger charge is -2.34. The van der Waals surface area contributed by atoms with Crippen molar-refractivity contribution in [2.45, 2.75) is 37.3 Å². The summed E-state index contributed by atoms with van der Waals surface area (Å²) in [5.41, 5.74) is -1.39. The summed E-state index contributed by atoms with van der Waals surface area (Å²) in [5.74, 6) is -2.10. The highest BCUT2D eigenvalue weighted by Crippen LogP contribution is 2.21. The van der Waals surface area contributed by atoms with Crippen molar-refractivity contribution in [2.24, 2.45) is 0 Å². The minimum Gasteiger partial charge on any atom is -0.480 e. The normalized spacial score (nSPS) is 24.9. The van der Waals surface area contributed by atoms with Gasteiger partial charge in [0.05, 0.1) is 0 Å². The van der Waals surface area contributed by atoms with Gasteiger partial charge in [0.1, 0.15) is 11.6 Å². The molecule has 2 rings (SSSR count). The molecule has 1 unspecified atom stereocenters. The predicted molar refractivity (Wildman–Crippen MR) is 68.3 cm³/mol. The fraction of sp³-hybridized carbons (Fsp3) is 0.667. The molecule has 0 aromatic heterocycles. The summed E-state index contributed by atoms with van der Waals surface area (Å²) in [6.45, 7) is 0.482. The maximum Gasteiger partial charge on any atom is 0.329 e. The monoisotopic (exact) mass is 299 g/mol. The van der Waals surface area contributed by atoms with E-state index in [2.05, 4.69) is 16.0 Å². The van der Waals surface area contributed by atoms with Gasteiger partial charge in [-0.15, -0.1) is 0 Å². The Balaban J connectivity index is 1.95. The largest absolute Gasteiger partial charge is 0.480 e. The minimum absolute atomic E-state index is 0.134. The van der Waals surface area contributed by atoms with Gasteiger partial charge < -0.3 is 20.5 Å². The number of urea groups is 1. The summed E-state index contributed by atoms with van der Waals surface area (Å²) < 4.78 is 5.10. The van der Waals surface area contributed by atoms with Crippen LogP contribution in [0, 0.1) is 0 Å². The topological polar surface area (TPSA) is 134 Å². The van der Waals surface area contributed by atoms with Crippen LogP contribution in [0.25, 0.3) is 0 Å². The van der Waals surface area contributed by atoms with Crippen molar-refractivity contribution < 1.29 is 29.0 Å². The molecular formula is C12H17N3O6. The molecule has 2 fully saturated rings. The second-order valence-electron chi connectivity index (χ2n) is 5.10. The number of imide groups is 1. The molecule has 1 atom stereocenters. The van der Waals surface area contributed by atoms with Crippen molar-refractivity contribution in [1.82, 2.24) is 16.0 Å². The molecule has 116 valence electrons. The summed E-state index contributed by atoms with van der Waals surface area (Å²) >= 11 is 0. The van der Waals surface area contributed by atoms with E-state index in [9.17, 15) is 24.3 Å². The third-order valence-corrected chi connectivity index (χ3v) is 3.65. The van der Waals surface area contributed by atoms with Crippen molar-refractivity contribution in [2.75, 3.05) is 13.2 Å². The van der Waals surface area contributed by atoms with Crippen LogP contribution in [0.5, 0.6) is 0 Å². The second-order valence-corrected chi connectivity index (χ2v) is 5.10. The number of ether oxygens (including phenoxy) is 1. The molecule has 9 nitrogen and oxygen atoms in total. The molecule has 0 spiro atoms. The summed E-state index contributed by atoms with van der Waals surface area (Å²) in [7, 11) is 0. The molecule has 0 saturated carbocycles. The molecule has 4 N–H and O–H groups in total. The van der Waals surface area contributed by atoms with Crippen molar-refractivity contribution in [3.8, 4) is 0 Å². The lowest BCUT2D eigenvalue weighted by molar-refractivity contribution is -0.148. The van der Waals surface area contributed by atoms with Crippen LogP contribution in [0.15, 0.2) is 0 Å². The van der Waals surface area contributed by atoms with Crippen LogP contribution in [-0.4, -0.2) is 53.7 Å². The zero-order valence-electron chi connectivity index (χ0n) is 11.3. The molecule has 2 aliphatic rings. The number of piperidine rings is 1. The van der Waals surface area contributed by atoms with E-state index in [1.807, 2.05) is 0 Å². The van der Waals surface area contributed by atoms with Gasteiger partial charge in [0.2, 0.25) is 11.8 Å². The van der Waals surface area contributed by atoms with E-state index in [1.54, 1.807) is 0 Å². The van der Waals surface area contributed by atoms with Crippen LogP contribution >= 0.6 is 0 Å². The molecule has 2 aliphatic heterocycles. The Morgan fingerprint density at radius 2 is 1.95 bits per heavy atom. The standard InChI is InChI=1S/C12H17N3O6/c16-8-2-1-7(9(17)14-8)13-11(20)15-12(10(18)19)3-5-21-6-4-12/h7H,1-6H2,(H,18,19)(H2,13,15,20)(H,14,16,17). The van der Waals surface area contributed by atoms with Gasteiger partial charge in [-0.1, -0.05) is 0 Å². The van der Waals surface area contributed by atoms with E-state index in [4.69, 9.17) is 4.74 Å². The van der Waals surface area contributed by atoms with Crippen LogP contribution in [0.3, 0.4) is 0 Å². The highest BCUT2D eigenvalue weighted by molar-refractivity contribution is 6.01. The number of carboxylic acid groups (broad SMARTS) is 1. The number of carbonyl (C=O) groups excluding carboxylic acids is 3. The lowest BCUT2D eigenvalue weighted by atomic mass is 9.90. The molecule has 0 aromatic carbocycles.